The molecule has 0 saturated heterocycles. The monoisotopic (exact) mass is 200 g/mol. The fourth-order valence-corrected chi connectivity index (χ4v) is 1.35. The molecular weight excluding hydrogens is 180 g/mol. The lowest BCUT2D eigenvalue weighted by molar-refractivity contribution is 0.794. The molecule has 13 heavy (non-hydrogen) atoms. The second-order valence-electron chi connectivity index (χ2n) is 3.11. The van der Waals surface area contributed by atoms with Crippen molar-refractivity contribution in [1.29, 1.82) is 0 Å². The maximum absolute atomic E-state index is 5.32. The van der Waals surface area contributed by atoms with Gasteiger partial charge in [-0.25, -0.2) is 0 Å². The minimum absolute atomic E-state index is 0.378. The number of hydrogen-bond acceptors (Lipinski definition) is 1. The Hall–Kier alpha value is -0.570. The average molecular weight is 200 g/mol. The van der Waals surface area contributed by atoms with Gasteiger partial charge < -0.3 is 11.1 Å². The van der Waals surface area contributed by atoms with E-state index in [9.17, 15) is 0 Å². The minimum atomic E-state index is 0.378. The number of hydrogen-bond donors (Lipinski definition) is 2. The summed E-state index contributed by atoms with van der Waals surface area (Å²) in [6.45, 7) is 5.17. The molecule has 0 unspecified atom stereocenters. The van der Waals surface area contributed by atoms with E-state index < -0.39 is 0 Å². The van der Waals surface area contributed by atoms with E-state index in [1.54, 1.807) is 0 Å². The van der Waals surface area contributed by atoms with Crippen LogP contribution in [0.5, 0.6) is 0 Å². The van der Waals surface area contributed by atoms with Crippen LogP contribution in [0.2, 0.25) is 0 Å². The highest BCUT2D eigenvalue weighted by molar-refractivity contribution is 7.80. The van der Waals surface area contributed by atoms with Gasteiger partial charge in [-0.2, -0.15) is 0 Å². The van der Waals surface area contributed by atoms with Crippen molar-refractivity contribution in [2.75, 3.05) is 6.54 Å². The summed E-state index contributed by atoms with van der Waals surface area (Å²) >= 11 is 4.71. The Morgan fingerprint density at radius 3 is 2.23 bits per heavy atom. The van der Waals surface area contributed by atoms with Crippen molar-refractivity contribution >= 4 is 17.3 Å². The highest BCUT2D eigenvalue weighted by Gasteiger charge is 1.94. The van der Waals surface area contributed by atoms with Crippen molar-refractivity contribution in [2.24, 2.45) is 5.73 Å². The molecule has 0 rings (SSSR count). The normalized spacial score (nSPS) is 9.38. The Kier molecular flexibility index (Phi) is 7.69. The summed E-state index contributed by atoms with van der Waals surface area (Å²) in [6, 6.07) is 0. The molecule has 0 spiro atoms. The molecule has 3 N–H and O–H groups in total. The third-order valence-corrected chi connectivity index (χ3v) is 1.95. The first kappa shape index (κ1) is 12.4. The van der Waals surface area contributed by atoms with Crippen LogP contribution in [-0.2, 0) is 0 Å². The zero-order chi connectivity index (χ0) is 10.1. The lowest BCUT2D eigenvalue weighted by atomic mass is 10.1. The van der Waals surface area contributed by atoms with Crippen molar-refractivity contribution in [2.45, 2.75) is 39.5 Å². The van der Waals surface area contributed by atoms with Gasteiger partial charge in [0.1, 0.15) is 0 Å². The average Bonchev–Trinajstić information content (AvgIpc) is 2.04. The molecule has 0 aromatic carbocycles. The molecule has 0 aliphatic heterocycles. The summed E-state index contributed by atoms with van der Waals surface area (Å²) in [7, 11) is 0. The Morgan fingerprint density at radius 1 is 1.31 bits per heavy atom. The molecular formula is C10H20N2S. The maximum atomic E-state index is 5.32. The van der Waals surface area contributed by atoms with Crippen LogP contribution in [0.1, 0.15) is 39.5 Å². The van der Waals surface area contributed by atoms with E-state index in [0.29, 0.717) is 5.11 Å². The van der Waals surface area contributed by atoms with Crippen molar-refractivity contribution in [3.8, 4) is 0 Å². The largest absolute Gasteiger partial charge is 0.376 e. The zero-order valence-electron chi connectivity index (χ0n) is 8.60. The molecule has 0 fully saturated rings. The number of thiocarbonyl (C=S) groups is 1. The first-order valence-electron chi connectivity index (χ1n) is 4.91. The van der Waals surface area contributed by atoms with Crippen LogP contribution in [0, 0.1) is 0 Å². The van der Waals surface area contributed by atoms with Gasteiger partial charge in [0.25, 0.3) is 0 Å². The second kappa shape index (κ2) is 8.05. The molecule has 0 amide bonds. The van der Waals surface area contributed by atoms with Gasteiger partial charge in [-0.05, 0) is 25.1 Å². The molecule has 76 valence electrons. The van der Waals surface area contributed by atoms with Gasteiger partial charge >= 0.3 is 0 Å². The molecule has 0 radical (unpaired) electrons. The predicted octanol–water partition coefficient (Wildman–Crippen LogP) is 2.35. The third-order valence-electron chi connectivity index (χ3n) is 1.81. The molecule has 3 heteroatoms. The number of nitrogens with one attached hydrogen (secondary N) is 1. The molecule has 0 aliphatic rings. The maximum Gasteiger partial charge on any atom is 0.163 e. The van der Waals surface area contributed by atoms with E-state index in [0.717, 1.165) is 6.54 Å². The van der Waals surface area contributed by atoms with E-state index in [2.05, 4.69) is 25.2 Å². The molecule has 0 aliphatic carbocycles. The van der Waals surface area contributed by atoms with Gasteiger partial charge in [-0.15, -0.1) is 0 Å². The molecule has 0 heterocycles. The smallest absolute Gasteiger partial charge is 0.163 e. The van der Waals surface area contributed by atoms with Crippen molar-refractivity contribution in [3.63, 3.8) is 0 Å². The van der Waals surface area contributed by atoms with Crippen LogP contribution >= 0.6 is 12.2 Å². The van der Waals surface area contributed by atoms with Crippen molar-refractivity contribution in [3.05, 3.63) is 11.6 Å². The number of allylic oxidation sites excluding steroid dienone is 1. The molecule has 0 aromatic rings. The minimum Gasteiger partial charge on any atom is -0.376 e. The predicted molar refractivity (Wildman–Crippen MR) is 62.7 cm³/mol. The molecule has 2 nitrogen and oxygen atoms in total. The van der Waals surface area contributed by atoms with Gasteiger partial charge in [-0.3, -0.25) is 0 Å². The van der Waals surface area contributed by atoms with E-state index >= 15 is 0 Å². The first-order chi connectivity index (χ1) is 6.20. The summed E-state index contributed by atoms with van der Waals surface area (Å²) in [5, 5.41) is 3.30. The topological polar surface area (TPSA) is 38.0 Å². The summed E-state index contributed by atoms with van der Waals surface area (Å²) < 4.78 is 0. The van der Waals surface area contributed by atoms with E-state index in [-0.39, 0.29) is 0 Å². The molecule has 0 atom stereocenters. The number of nitrogens with two attached hydrogens (primary N) is 1. The molecule has 0 saturated carbocycles. The van der Waals surface area contributed by atoms with E-state index in [4.69, 9.17) is 18.0 Å². The quantitative estimate of drug-likeness (QED) is 0.510. The van der Waals surface area contributed by atoms with Gasteiger partial charge in [0, 0.05) is 6.54 Å². The van der Waals surface area contributed by atoms with Gasteiger partial charge in [-0.1, -0.05) is 38.3 Å². The van der Waals surface area contributed by atoms with Crippen LogP contribution < -0.4 is 11.1 Å². The highest BCUT2D eigenvalue weighted by atomic mass is 32.1. The fraction of sp³-hybridized carbons (Fsp3) is 0.700. The summed E-state index contributed by atoms with van der Waals surface area (Å²) in [5.74, 6) is 0. The van der Waals surface area contributed by atoms with Crippen LogP contribution in [0.15, 0.2) is 11.6 Å². The lowest BCUT2D eigenvalue weighted by Gasteiger charge is -2.05. The molecule has 0 aromatic heterocycles. The SMILES string of the molecule is CCCC(=CCNC(N)=S)CCC. The summed E-state index contributed by atoms with van der Waals surface area (Å²) in [4.78, 5) is 0. The third kappa shape index (κ3) is 7.78. The van der Waals surface area contributed by atoms with Crippen molar-refractivity contribution in [1.82, 2.24) is 5.32 Å². The van der Waals surface area contributed by atoms with Gasteiger partial charge in [0.15, 0.2) is 5.11 Å². The number of rotatable bonds is 6. The lowest BCUT2D eigenvalue weighted by Crippen LogP contribution is -2.29. The van der Waals surface area contributed by atoms with Crippen molar-refractivity contribution < 1.29 is 0 Å². The van der Waals surface area contributed by atoms with Crippen LogP contribution in [0.25, 0.3) is 0 Å². The zero-order valence-corrected chi connectivity index (χ0v) is 9.41. The van der Waals surface area contributed by atoms with E-state index in [1.807, 2.05) is 0 Å². The van der Waals surface area contributed by atoms with Gasteiger partial charge in [0.05, 0.1) is 0 Å². The fourth-order valence-electron chi connectivity index (χ4n) is 1.27. The molecule has 0 bridgehead atoms. The van der Waals surface area contributed by atoms with Crippen LogP contribution in [0.4, 0.5) is 0 Å². The van der Waals surface area contributed by atoms with Crippen LogP contribution in [-0.4, -0.2) is 11.7 Å². The van der Waals surface area contributed by atoms with Gasteiger partial charge in [0.2, 0.25) is 0 Å². The van der Waals surface area contributed by atoms with Crippen LogP contribution in [0.3, 0.4) is 0 Å². The Labute approximate surface area is 86.6 Å². The highest BCUT2D eigenvalue weighted by Crippen LogP contribution is 2.10. The summed E-state index contributed by atoms with van der Waals surface area (Å²) in [6.07, 6.45) is 6.99. The second-order valence-corrected chi connectivity index (χ2v) is 3.55. The first-order valence-corrected chi connectivity index (χ1v) is 5.32. The Bertz CT molecular complexity index is 168. The Balaban J connectivity index is 3.80. The summed E-state index contributed by atoms with van der Waals surface area (Å²) in [5.41, 5.74) is 6.83. The Morgan fingerprint density at radius 2 is 1.85 bits per heavy atom. The standard InChI is InChI=1S/C10H20N2S/c1-3-5-9(6-4-2)7-8-12-10(11)13/h7H,3-6,8H2,1-2H3,(H3,11,12,13). The van der Waals surface area contributed by atoms with E-state index in [1.165, 1.54) is 31.3 Å².